The van der Waals surface area contributed by atoms with Crippen LogP contribution in [0.5, 0.6) is 0 Å². The van der Waals surface area contributed by atoms with Crippen molar-refractivity contribution >= 4 is 17.4 Å². The summed E-state index contributed by atoms with van der Waals surface area (Å²) in [4.78, 5) is 19.2. The Morgan fingerprint density at radius 1 is 1.04 bits per heavy atom. The zero-order valence-corrected chi connectivity index (χ0v) is 16.2. The first-order valence-corrected chi connectivity index (χ1v) is 10.2. The van der Waals surface area contributed by atoms with Gasteiger partial charge in [-0.1, -0.05) is 36.4 Å². The summed E-state index contributed by atoms with van der Waals surface area (Å²) in [7, 11) is 0. The molecule has 1 aromatic heterocycles. The summed E-state index contributed by atoms with van der Waals surface area (Å²) in [6.45, 7) is 1.60. The van der Waals surface area contributed by atoms with Gasteiger partial charge in [0.25, 0.3) is 0 Å². The molecule has 2 heterocycles. The summed E-state index contributed by atoms with van der Waals surface area (Å²) >= 11 is 1.46. The Bertz CT molecular complexity index is 1070. The molecular weight excluding hydrogens is 368 g/mol. The number of amides is 2. The second-order valence-electron chi connectivity index (χ2n) is 6.72. The maximum Gasteiger partial charge on any atom is 0.346 e. The Labute approximate surface area is 167 Å². The van der Waals surface area contributed by atoms with Crippen LogP contribution in [0.4, 0.5) is 4.79 Å². The molecule has 0 spiro atoms. The molecule has 0 radical (unpaired) electrons. The van der Waals surface area contributed by atoms with Crippen molar-refractivity contribution in [3.63, 3.8) is 0 Å². The smallest absolute Gasteiger partial charge is 0.323 e. The van der Waals surface area contributed by atoms with E-state index in [4.69, 9.17) is 5.26 Å². The fourth-order valence-electron chi connectivity index (χ4n) is 3.33. The van der Waals surface area contributed by atoms with Crippen molar-refractivity contribution in [3.8, 4) is 22.9 Å². The van der Waals surface area contributed by atoms with E-state index in [0.717, 1.165) is 48.3 Å². The molecule has 140 valence electrons. The molecule has 5 nitrogen and oxygen atoms in total. The van der Waals surface area contributed by atoms with Crippen molar-refractivity contribution in [1.29, 1.82) is 5.26 Å². The van der Waals surface area contributed by atoms with Crippen LogP contribution in [0.3, 0.4) is 0 Å². The zero-order valence-electron chi connectivity index (χ0n) is 15.4. The summed E-state index contributed by atoms with van der Waals surface area (Å²) in [6, 6.07) is 18.2. The number of hydrogen-bond acceptors (Lipinski definition) is 3. The third-order valence-corrected chi connectivity index (χ3v) is 5.63. The van der Waals surface area contributed by atoms with E-state index in [2.05, 4.69) is 23.2 Å². The number of nitriles is 1. The van der Waals surface area contributed by atoms with Crippen LogP contribution in [0.25, 0.3) is 16.8 Å². The Hall–Kier alpha value is -3.17. The Balaban J connectivity index is 1.57. The van der Waals surface area contributed by atoms with Crippen LogP contribution in [0, 0.1) is 11.3 Å². The molecule has 0 unspecified atom stereocenters. The zero-order chi connectivity index (χ0) is 19.3. The molecule has 1 aliphatic heterocycles. The number of thiazole rings is 1. The third kappa shape index (κ3) is 3.90. The average molecular weight is 388 g/mol. The molecule has 2 amide bonds. The van der Waals surface area contributed by atoms with Crippen molar-refractivity contribution in [2.45, 2.75) is 19.3 Å². The van der Waals surface area contributed by atoms with E-state index in [1.165, 1.54) is 11.3 Å². The highest BCUT2D eigenvalue weighted by atomic mass is 32.1. The van der Waals surface area contributed by atoms with Crippen LogP contribution < -0.4 is 4.80 Å². The van der Waals surface area contributed by atoms with Gasteiger partial charge in [0, 0.05) is 30.4 Å². The first-order valence-electron chi connectivity index (χ1n) is 9.31. The summed E-state index contributed by atoms with van der Waals surface area (Å²) in [5.41, 5.74) is 4.21. The van der Waals surface area contributed by atoms with Crippen molar-refractivity contribution in [2.75, 3.05) is 13.1 Å². The topological polar surface area (TPSA) is 61.4 Å². The second kappa shape index (κ2) is 8.24. The average Bonchev–Trinajstić information content (AvgIpc) is 3.41. The van der Waals surface area contributed by atoms with Crippen molar-refractivity contribution in [1.82, 2.24) is 9.47 Å². The molecule has 0 bridgehead atoms. The monoisotopic (exact) mass is 388 g/mol. The number of nitrogens with zero attached hydrogens (tertiary/aromatic N) is 4. The number of aromatic nitrogens is 1. The molecule has 0 aliphatic carbocycles. The number of rotatable bonds is 3. The van der Waals surface area contributed by atoms with E-state index in [9.17, 15) is 4.79 Å². The van der Waals surface area contributed by atoms with E-state index in [1.807, 2.05) is 57.4 Å². The summed E-state index contributed by atoms with van der Waals surface area (Å²) in [6.07, 6.45) is 4.48. The van der Waals surface area contributed by atoms with Crippen LogP contribution in [0.15, 0.2) is 65.1 Å². The van der Waals surface area contributed by atoms with Gasteiger partial charge in [-0.3, -0.25) is 4.57 Å². The normalized spacial score (nSPS) is 14.2. The van der Waals surface area contributed by atoms with Crippen LogP contribution in [-0.4, -0.2) is 28.6 Å². The predicted molar refractivity (Wildman–Crippen MR) is 110 cm³/mol. The summed E-state index contributed by atoms with van der Waals surface area (Å²) < 4.78 is 1.94. The van der Waals surface area contributed by atoms with E-state index < -0.39 is 0 Å². The maximum atomic E-state index is 12.3. The Kier molecular flexibility index (Phi) is 5.36. The molecule has 1 aliphatic rings. The molecule has 0 saturated carbocycles. The van der Waals surface area contributed by atoms with Gasteiger partial charge in [-0.2, -0.15) is 10.3 Å². The molecule has 1 fully saturated rings. The first kappa shape index (κ1) is 18.2. The third-order valence-electron chi connectivity index (χ3n) is 4.87. The highest BCUT2D eigenvalue weighted by Gasteiger charge is 2.17. The largest absolute Gasteiger partial charge is 0.346 e. The standard InChI is InChI=1S/C22H20N4OS/c23-12-11-17-3-5-18(6-4-17)19-7-9-20(10-8-19)26-15-16-28-22(26)24-21(27)25-13-1-2-14-25/h3-10,15-16H,1-2,11,13-14H2/b24-22-. The Morgan fingerprint density at radius 3 is 2.32 bits per heavy atom. The molecule has 0 N–H and O–H groups in total. The number of carbonyl (C=O) groups excluding carboxylic acids is 1. The molecule has 2 aromatic carbocycles. The van der Waals surface area contributed by atoms with Gasteiger partial charge in [0.1, 0.15) is 0 Å². The molecule has 3 aromatic rings. The van der Waals surface area contributed by atoms with Gasteiger partial charge in [0.15, 0.2) is 4.80 Å². The SMILES string of the molecule is N#CCc1ccc(-c2ccc(-n3ccs/c3=N\C(=O)N3CCCC3)cc2)cc1. The second-order valence-corrected chi connectivity index (χ2v) is 7.60. The van der Waals surface area contributed by atoms with Crippen LogP contribution >= 0.6 is 11.3 Å². The molecular formula is C22H20N4OS. The minimum atomic E-state index is -0.150. The van der Waals surface area contributed by atoms with E-state index in [-0.39, 0.29) is 6.03 Å². The van der Waals surface area contributed by atoms with Gasteiger partial charge in [-0.25, -0.2) is 4.79 Å². The number of carbonyl (C=O) groups is 1. The molecule has 6 heteroatoms. The van der Waals surface area contributed by atoms with E-state index in [0.29, 0.717) is 11.2 Å². The minimum Gasteiger partial charge on any atom is -0.323 e. The Morgan fingerprint density at radius 2 is 1.68 bits per heavy atom. The van der Waals surface area contributed by atoms with Crippen LogP contribution in [0.1, 0.15) is 18.4 Å². The molecule has 0 atom stereocenters. The van der Waals surface area contributed by atoms with Gasteiger partial charge >= 0.3 is 6.03 Å². The first-order chi connectivity index (χ1) is 13.7. The molecule has 28 heavy (non-hydrogen) atoms. The number of urea groups is 1. The number of hydrogen-bond donors (Lipinski definition) is 0. The number of likely N-dealkylation sites (tertiary alicyclic amines) is 1. The van der Waals surface area contributed by atoms with Gasteiger partial charge in [0.05, 0.1) is 12.5 Å². The fraction of sp³-hybridized carbons (Fsp3) is 0.227. The fourth-order valence-corrected chi connectivity index (χ4v) is 4.05. The lowest BCUT2D eigenvalue weighted by molar-refractivity contribution is 0.218. The maximum absolute atomic E-state index is 12.3. The lowest BCUT2D eigenvalue weighted by atomic mass is 10.0. The number of benzene rings is 2. The summed E-state index contributed by atoms with van der Waals surface area (Å²) in [5, 5.41) is 10.7. The van der Waals surface area contributed by atoms with E-state index in [1.54, 1.807) is 0 Å². The van der Waals surface area contributed by atoms with Crippen molar-refractivity contribution in [3.05, 3.63) is 70.5 Å². The lowest BCUT2D eigenvalue weighted by Gasteiger charge is -2.11. The highest BCUT2D eigenvalue weighted by molar-refractivity contribution is 7.07. The summed E-state index contributed by atoms with van der Waals surface area (Å²) in [5.74, 6) is 0. The van der Waals surface area contributed by atoms with Crippen LogP contribution in [-0.2, 0) is 6.42 Å². The molecule has 4 rings (SSSR count). The van der Waals surface area contributed by atoms with Gasteiger partial charge < -0.3 is 4.90 Å². The predicted octanol–water partition coefficient (Wildman–Crippen LogP) is 4.39. The van der Waals surface area contributed by atoms with Gasteiger partial charge in [-0.05, 0) is 41.7 Å². The quantitative estimate of drug-likeness (QED) is 0.668. The lowest BCUT2D eigenvalue weighted by Crippen LogP contribution is -2.27. The van der Waals surface area contributed by atoms with Crippen LogP contribution in [0.2, 0.25) is 0 Å². The van der Waals surface area contributed by atoms with Gasteiger partial charge in [0.2, 0.25) is 0 Å². The van der Waals surface area contributed by atoms with Crippen molar-refractivity contribution < 1.29 is 4.79 Å². The minimum absolute atomic E-state index is 0.150. The van der Waals surface area contributed by atoms with Crippen molar-refractivity contribution in [2.24, 2.45) is 4.99 Å². The van der Waals surface area contributed by atoms with E-state index >= 15 is 0 Å². The highest BCUT2D eigenvalue weighted by Crippen LogP contribution is 2.21. The van der Waals surface area contributed by atoms with Gasteiger partial charge in [-0.15, -0.1) is 11.3 Å². The molecule has 1 saturated heterocycles.